The van der Waals surface area contributed by atoms with E-state index < -0.39 is 5.54 Å². The summed E-state index contributed by atoms with van der Waals surface area (Å²) in [4.78, 5) is 27.3. The van der Waals surface area contributed by atoms with Crippen molar-refractivity contribution in [3.63, 3.8) is 0 Å². The molecule has 1 saturated heterocycles. The van der Waals surface area contributed by atoms with Crippen molar-refractivity contribution in [1.82, 2.24) is 10.2 Å². The zero-order valence-corrected chi connectivity index (χ0v) is 13.9. The Morgan fingerprint density at radius 3 is 2.38 bits per heavy atom. The molecule has 4 nitrogen and oxygen atoms in total. The van der Waals surface area contributed by atoms with E-state index in [0.717, 1.165) is 6.54 Å². The number of rotatable bonds is 4. The molecule has 0 aromatic rings. The zero-order chi connectivity index (χ0) is 15.6. The highest BCUT2D eigenvalue weighted by Gasteiger charge is 2.48. The predicted molar refractivity (Wildman–Crippen MR) is 83.8 cm³/mol. The lowest BCUT2D eigenvalue weighted by molar-refractivity contribution is -0.157. The van der Waals surface area contributed by atoms with Gasteiger partial charge in [-0.2, -0.15) is 0 Å². The molecule has 2 rings (SSSR count). The highest BCUT2D eigenvalue weighted by atomic mass is 16.2. The lowest BCUT2D eigenvalue weighted by Gasteiger charge is -2.47. The molecular weight excluding hydrogens is 264 g/mol. The van der Waals surface area contributed by atoms with Gasteiger partial charge in [-0.1, -0.05) is 40.0 Å². The van der Waals surface area contributed by atoms with E-state index in [-0.39, 0.29) is 23.8 Å². The molecule has 1 heterocycles. The number of nitrogens with one attached hydrogen (secondary N) is 1. The first kappa shape index (κ1) is 16.3. The fourth-order valence-corrected chi connectivity index (χ4v) is 3.73. The quantitative estimate of drug-likeness (QED) is 0.866. The second-order valence-electron chi connectivity index (χ2n) is 7.33. The molecule has 1 N–H and O–H groups in total. The number of amides is 2. The Labute approximate surface area is 128 Å². The van der Waals surface area contributed by atoms with E-state index in [0.29, 0.717) is 12.3 Å². The number of hydrogen-bond acceptors (Lipinski definition) is 2. The minimum atomic E-state index is -0.725. The van der Waals surface area contributed by atoms with Crippen LogP contribution >= 0.6 is 0 Å². The first-order valence-electron chi connectivity index (χ1n) is 8.52. The van der Waals surface area contributed by atoms with Crippen molar-refractivity contribution >= 4 is 11.8 Å². The Hall–Kier alpha value is -1.06. The molecule has 21 heavy (non-hydrogen) atoms. The maximum absolute atomic E-state index is 12.9. The topological polar surface area (TPSA) is 49.4 Å². The smallest absolute Gasteiger partial charge is 0.248 e. The van der Waals surface area contributed by atoms with Crippen molar-refractivity contribution in [2.45, 2.75) is 77.8 Å². The average molecular weight is 294 g/mol. The highest BCUT2D eigenvalue weighted by molar-refractivity contribution is 5.99. The predicted octanol–water partition coefficient (Wildman–Crippen LogP) is 2.72. The van der Waals surface area contributed by atoms with Gasteiger partial charge in [-0.3, -0.25) is 9.59 Å². The summed E-state index contributed by atoms with van der Waals surface area (Å²) in [6.07, 6.45) is 6.86. The van der Waals surface area contributed by atoms with E-state index in [9.17, 15) is 9.59 Å². The number of nitrogens with zero attached hydrogens (tertiary/aromatic N) is 1. The normalized spacial score (nSPS) is 31.7. The molecule has 120 valence electrons. The number of carbonyl (C=O) groups excluding carboxylic acids is 2. The zero-order valence-electron chi connectivity index (χ0n) is 13.9. The van der Waals surface area contributed by atoms with Crippen molar-refractivity contribution in [1.29, 1.82) is 0 Å². The summed E-state index contributed by atoms with van der Waals surface area (Å²) in [6.45, 7) is 8.63. The lowest BCUT2D eigenvalue weighted by Crippen LogP contribution is -2.70. The Bertz CT molecular complexity index is 402. The summed E-state index contributed by atoms with van der Waals surface area (Å²) in [5.41, 5.74) is -0.725. The molecule has 0 aromatic heterocycles. The fourth-order valence-electron chi connectivity index (χ4n) is 3.73. The van der Waals surface area contributed by atoms with E-state index in [4.69, 9.17) is 0 Å². The van der Waals surface area contributed by atoms with Gasteiger partial charge in [0.2, 0.25) is 11.8 Å². The van der Waals surface area contributed by atoms with E-state index in [1.807, 2.05) is 32.6 Å². The molecule has 2 aliphatic rings. The van der Waals surface area contributed by atoms with Gasteiger partial charge in [0.1, 0.15) is 11.6 Å². The molecule has 0 spiro atoms. The molecule has 0 bridgehead atoms. The van der Waals surface area contributed by atoms with Crippen molar-refractivity contribution < 1.29 is 9.59 Å². The molecule has 2 atom stereocenters. The van der Waals surface area contributed by atoms with Crippen LogP contribution in [0.4, 0.5) is 0 Å². The van der Waals surface area contributed by atoms with Crippen molar-refractivity contribution in [3.8, 4) is 0 Å². The second-order valence-corrected chi connectivity index (χ2v) is 7.33. The summed E-state index contributed by atoms with van der Waals surface area (Å²) in [5.74, 6) is 0.841. The molecule has 0 aromatic carbocycles. The molecular formula is C17H30N2O2. The van der Waals surface area contributed by atoms with Crippen LogP contribution in [0.25, 0.3) is 0 Å². The molecule has 2 fully saturated rings. The molecule has 1 aliphatic heterocycles. The van der Waals surface area contributed by atoms with Gasteiger partial charge in [0, 0.05) is 6.54 Å². The van der Waals surface area contributed by atoms with E-state index >= 15 is 0 Å². The maximum Gasteiger partial charge on any atom is 0.248 e. The van der Waals surface area contributed by atoms with Crippen LogP contribution in [-0.4, -0.2) is 34.8 Å². The lowest BCUT2D eigenvalue weighted by atomic mass is 9.84. The van der Waals surface area contributed by atoms with Gasteiger partial charge < -0.3 is 10.2 Å². The standard InChI is InChI=1S/C17H30N2O2/c1-5-17(4)16(21)19(11-13-9-7-6-8-10-13)14(12(2)3)15(20)18-17/h12-14H,5-11H2,1-4H3,(H,18,20). The molecule has 2 unspecified atom stereocenters. The molecule has 4 heteroatoms. The van der Waals surface area contributed by atoms with Crippen LogP contribution in [0, 0.1) is 11.8 Å². The highest BCUT2D eigenvalue weighted by Crippen LogP contribution is 2.30. The summed E-state index contributed by atoms with van der Waals surface area (Å²) < 4.78 is 0. The monoisotopic (exact) mass is 294 g/mol. The van der Waals surface area contributed by atoms with Crippen LogP contribution in [0.3, 0.4) is 0 Å². The van der Waals surface area contributed by atoms with Crippen molar-refractivity contribution in [2.24, 2.45) is 11.8 Å². The Kier molecular flexibility index (Phi) is 4.95. The fraction of sp³-hybridized carbons (Fsp3) is 0.882. The SMILES string of the molecule is CCC1(C)NC(=O)C(C(C)C)N(CC2CCCCC2)C1=O. The largest absolute Gasteiger partial charge is 0.340 e. The van der Waals surface area contributed by atoms with Crippen LogP contribution in [-0.2, 0) is 9.59 Å². The summed E-state index contributed by atoms with van der Waals surface area (Å²) in [6, 6.07) is -0.306. The molecule has 1 aliphatic carbocycles. The first-order chi connectivity index (χ1) is 9.89. The van der Waals surface area contributed by atoms with Gasteiger partial charge in [0.05, 0.1) is 0 Å². The number of hydrogen-bond donors (Lipinski definition) is 1. The first-order valence-corrected chi connectivity index (χ1v) is 8.52. The van der Waals surface area contributed by atoms with Gasteiger partial charge in [-0.05, 0) is 38.0 Å². The van der Waals surface area contributed by atoms with Gasteiger partial charge in [0.25, 0.3) is 0 Å². The van der Waals surface area contributed by atoms with E-state index in [2.05, 4.69) is 5.32 Å². The summed E-state index contributed by atoms with van der Waals surface area (Å²) in [5, 5.41) is 2.96. The van der Waals surface area contributed by atoms with E-state index in [1.54, 1.807) is 0 Å². The third-order valence-electron chi connectivity index (χ3n) is 5.25. The van der Waals surface area contributed by atoms with Gasteiger partial charge in [0.15, 0.2) is 0 Å². The average Bonchev–Trinajstić information content (AvgIpc) is 2.45. The third-order valence-corrected chi connectivity index (χ3v) is 5.25. The van der Waals surface area contributed by atoms with Gasteiger partial charge in [-0.25, -0.2) is 0 Å². The van der Waals surface area contributed by atoms with Crippen LogP contribution in [0.15, 0.2) is 0 Å². The molecule has 1 saturated carbocycles. The van der Waals surface area contributed by atoms with Crippen LogP contribution in [0.5, 0.6) is 0 Å². The van der Waals surface area contributed by atoms with Crippen LogP contribution < -0.4 is 5.32 Å². The number of piperazine rings is 1. The third kappa shape index (κ3) is 3.24. The summed E-state index contributed by atoms with van der Waals surface area (Å²) in [7, 11) is 0. The van der Waals surface area contributed by atoms with Crippen LogP contribution in [0.1, 0.15) is 66.2 Å². The minimum Gasteiger partial charge on any atom is -0.340 e. The number of carbonyl (C=O) groups is 2. The van der Waals surface area contributed by atoms with E-state index in [1.165, 1.54) is 32.1 Å². The second kappa shape index (κ2) is 6.37. The Morgan fingerprint density at radius 1 is 1.24 bits per heavy atom. The van der Waals surface area contributed by atoms with Crippen molar-refractivity contribution in [2.75, 3.05) is 6.54 Å². The van der Waals surface area contributed by atoms with Gasteiger partial charge in [-0.15, -0.1) is 0 Å². The Balaban J connectivity index is 2.21. The van der Waals surface area contributed by atoms with Crippen LogP contribution in [0.2, 0.25) is 0 Å². The molecule has 0 radical (unpaired) electrons. The minimum absolute atomic E-state index is 0.0183. The molecule has 2 amide bonds. The van der Waals surface area contributed by atoms with Gasteiger partial charge >= 0.3 is 0 Å². The maximum atomic E-state index is 12.9. The van der Waals surface area contributed by atoms with Crippen molar-refractivity contribution in [3.05, 3.63) is 0 Å². The summed E-state index contributed by atoms with van der Waals surface area (Å²) >= 11 is 0. The Morgan fingerprint density at radius 2 is 1.86 bits per heavy atom.